The van der Waals surface area contributed by atoms with Gasteiger partial charge in [-0.2, -0.15) is 5.10 Å². The van der Waals surface area contributed by atoms with Crippen LogP contribution >= 0.6 is 0 Å². The minimum absolute atomic E-state index is 0.0504. The highest BCUT2D eigenvalue weighted by atomic mass is 19.1. The van der Waals surface area contributed by atoms with Gasteiger partial charge in [0.1, 0.15) is 5.82 Å². The van der Waals surface area contributed by atoms with Gasteiger partial charge in [0, 0.05) is 18.8 Å². The maximum Gasteiger partial charge on any atom is 0.277 e. The van der Waals surface area contributed by atoms with Crippen LogP contribution in [0, 0.1) is 15.9 Å². The van der Waals surface area contributed by atoms with Crippen molar-refractivity contribution in [2.75, 3.05) is 6.54 Å². The van der Waals surface area contributed by atoms with Crippen LogP contribution in [0.25, 0.3) is 0 Å². The highest BCUT2D eigenvalue weighted by molar-refractivity contribution is 5.95. The number of nitro groups is 1. The minimum Gasteiger partial charge on any atom is -0.352 e. The van der Waals surface area contributed by atoms with Gasteiger partial charge < -0.3 is 5.32 Å². The van der Waals surface area contributed by atoms with Crippen LogP contribution < -0.4 is 5.32 Å². The molecule has 0 unspecified atom stereocenters. The molecule has 1 aliphatic heterocycles. The van der Waals surface area contributed by atoms with E-state index in [0.717, 1.165) is 6.42 Å². The molecule has 0 atom stereocenters. The Morgan fingerprint density at radius 2 is 2.27 bits per heavy atom. The Labute approximate surface area is 124 Å². The number of hydrogen-bond donors (Lipinski definition) is 1. The summed E-state index contributed by atoms with van der Waals surface area (Å²) < 4.78 is 15.3. The zero-order valence-electron chi connectivity index (χ0n) is 11.6. The molecule has 0 spiro atoms. The summed E-state index contributed by atoms with van der Waals surface area (Å²) in [6.07, 6.45) is 2.92. The van der Waals surface area contributed by atoms with E-state index in [2.05, 4.69) is 10.4 Å². The SMILES string of the molecule is O=C1NCCCc2nn(Cc3c(F)cccc3[N+](=O)[O-])cc21. The van der Waals surface area contributed by atoms with E-state index in [1.807, 2.05) is 0 Å². The largest absolute Gasteiger partial charge is 0.352 e. The number of carbonyl (C=O) groups excluding carboxylic acids is 1. The lowest BCUT2D eigenvalue weighted by Gasteiger charge is -2.05. The third-order valence-electron chi connectivity index (χ3n) is 3.57. The van der Waals surface area contributed by atoms with E-state index >= 15 is 0 Å². The van der Waals surface area contributed by atoms with Crippen molar-refractivity contribution in [3.8, 4) is 0 Å². The highest BCUT2D eigenvalue weighted by Crippen LogP contribution is 2.23. The van der Waals surface area contributed by atoms with Crippen LogP contribution in [0.5, 0.6) is 0 Å². The molecule has 0 fully saturated rings. The van der Waals surface area contributed by atoms with Crippen molar-refractivity contribution in [1.82, 2.24) is 15.1 Å². The first-order valence-electron chi connectivity index (χ1n) is 6.82. The Morgan fingerprint density at radius 3 is 3.05 bits per heavy atom. The molecule has 0 saturated carbocycles. The van der Waals surface area contributed by atoms with Crippen molar-refractivity contribution in [1.29, 1.82) is 0 Å². The molecule has 22 heavy (non-hydrogen) atoms. The van der Waals surface area contributed by atoms with Crippen molar-refractivity contribution >= 4 is 11.6 Å². The summed E-state index contributed by atoms with van der Waals surface area (Å²) in [5.41, 5.74) is 0.728. The van der Waals surface area contributed by atoms with Crippen LogP contribution in [0.3, 0.4) is 0 Å². The Hall–Kier alpha value is -2.77. The fraction of sp³-hybridized carbons (Fsp3) is 0.286. The third kappa shape index (κ3) is 2.54. The molecule has 1 amide bonds. The molecule has 1 aliphatic rings. The average molecular weight is 304 g/mol. The van der Waals surface area contributed by atoms with Gasteiger partial charge in [-0.15, -0.1) is 0 Å². The molecule has 8 heteroatoms. The van der Waals surface area contributed by atoms with Gasteiger partial charge >= 0.3 is 0 Å². The Morgan fingerprint density at radius 1 is 1.45 bits per heavy atom. The van der Waals surface area contributed by atoms with E-state index in [9.17, 15) is 19.3 Å². The maximum atomic E-state index is 13.9. The molecule has 1 aromatic heterocycles. The summed E-state index contributed by atoms with van der Waals surface area (Å²) >= 11 is 0. The monoisotopic (exact) mass is 304 g/mol. The number of hydrogen-bond acceptors (Lipinski definition) is 4. The van der Waals surface area contributed by atoms with E-state index in [-0.39, 0.29) is 23.7 Å². The normalized spacial score (nSPS) is 14.1. The van der Waals surface area contributed by atoms with Crippen LogP contribution in [0.1, 0.15) is 28.0 Å². The standard InChI is InChI=1S/C14H13FN4O3/c15-11-3-1-5-13(19(21)22)9(11)7-18-8-10-12(17-18)4-2-6-16-14(10)20/h1,3,5,8H,2,4,6-7H2,(H,16,20). The fourth-order valence-corrected chi connectivity index (χ4v) is 2.51. The lowest BCUT2D eigenvalue weighted by molar-refractivity contribution is -0.385. The lowest BCUT2D eigenvalue weighted by atomic mass is 10.1. The van der Waals surface area contributed by atoms with E-state index in [0.29, 0.717) is 24.2 Å². The van der Waals surface area contributed by atoms with Gasteiger partial charge in [0.2, 0.25) is 0 Å². The van der Waals surface area contributed by atoms with E-state index in [1.54, 1.807) is 0 Å². The number of benzene rings is 1. The number of nitro benzene ring substituents is 1. The summed E-state index contributed by atoms with van der Waals surface area (Å²) in [5.74, 6) is -0.883. The number of nitrogens with zero attached hydrogens (tertiary/aromatic N) is 3. The second-order valence-electron chi connectivity index (χ2n) is 5.04. The fourth-order valence-electron chi connectivity index (χ4n) is 2.51. The van der Waals surface area contributed by atoms with Gasteiger partial charge in [0.05, 0.1) is 28.3 Å². The Balaban J connectivity index is 1.97. The number of aryl methyl sites for hydroxylation is 1. The first kappa shape index (κ1) is 14.2. The number of rotatable bonds is 3. The van der Waals surface area contributed by atoms with E-state index < -0.39 is 10.7 Å². The van der Waals surface area contributed by atoms with Gasteiger partial charge in [-0.3, -0.25) is 19.6 Å². The topological polar surface area (TPSA) is 90.1 Å². The minimum atomic E-state index is -0.663. The highest BCUT2D eigenvalue weighted by Gasteiger charge is 2.22. The lowest BCUT2D eigenvalue weighted by Crippen LogP contribution is -2.22. The number of nitrogens with one attached hydrogen (secondary N) is 1. The van der Waals surface area contributed by atoms with Crippen molar-refractivity contribution in [3.05, 3.63) is 57.1 Å². The van der Waals surface area contributed by atoms with E-state index in [4.69, 9.17) is 0 Å². The van der Waals surface area contributed by atoms with Crippen LogP contribution in [-0.2, 0) is 13.0 Å². The number of halogens is 1. The van der Waals surface area contributed by atoms with Crippen LogP contribution in [0.2, 0.25) is 0 Å². The summed E-state index contributed by atoms with van der Waals surface area (Å²) in [7, 11) is 0. The molecule has 7 nitrogen and oxygen atoms in total. The Bertz CT molecular complexity index is 757. The van der Waals surface area contributed by atoms with Crippen molar-refractivity contribution < 1.29 is 14.1 Å². The zero-order chi connectivity index (χ0) is 15.7. The zero-order valence-corrected chi connectivity index (χ0v) is 11.6. The first-order valence-corrected chi connectivity index (χ1v) is 6.82. The van der Waals surface area contributed by atoms with Crippen LogP contribution in [-0.4, -0.2) is 27.2 Å². The molecule has 1 N–H and O–H groups in total. The summed E-state index contributed by atoms with van der Waals surface area (Å²) in [6, 6.07) is 3.71. The molecular weight excluding hydrogens is 291 g/mol. The first-order chi connectivity index (χ1) is 10.6. The smallest absolute Gasteiger partial charge is 0.277 e. The maximum absolute atomic E-state index is 13.9. The predicted molar refractivity (Wildman–Crippen MR) is 75.0 cm³/mol. The number of fused-ring (bicyclic) bond motifs is 1. The molecule has 1 aromatic carbocycles. The number of carbonyl (C=O) groups is 1. The quantitative estimate of drug-likeness (QED) is 0.689. The van der Waals surface area contributed by atoms with Crippen LogP contribution in [0.15, 0.2) is 24.4 Å². The van der Waals surface area contributed by atoms with Gasteiger partial charge in [-0.25, -0.2) is 4.39 Å². The molecular formula is C14H13FN4O3. The summed E-state index contributed by atoms with van der Waals surface area (Å²) in [4.78, 5) is 22.2. The predicted octanol–water partition coefficient (Wildman–Crippen LogP) is 1.65. The number of aromatic nitrogens is 2. The molecule has 2 aromatic rings. The molecule has 3 rings (SSSR count). The van der Waals surface area contributed by atoms with Gasteiger partial charge in [0.25, 0.3) is 11.6 Å². The third-order valence-corrected chi connectivity index (χ3v) is 3.57. The van der Waals surface area contributed by atoms with Crippen molar-refractivity contribution in [2.45, 2.75) is 19.4 Å². The van der Waals surface area contributed by atoms with Crippen molar-refractivity contribution in [2.24, 2.45) is 0 Å². The van der Waals surface area contributed by atoms with Crippen molar-refractivity contribution in [3.63, 3.8) is 0 Å². The summed E-state index contributed by atoms with van der Waals surface area (Å²) in [6.45, 7) is 0.497. The molecule has 0 radical (unpaired) electrons. The Kier molecular flexibility index (Phi) is 3.58. The molecule has 2 heterocycles. The molecule has 0 saturated heterocycles. The average Bonchev–Trinajstić information content (AvgIpc) is 2.80. The van der Waals surface area contributed by atoms with Crippen LogP contribution in [0.4, 0.5) is 10.1 Å². The van der Waals surface area contributed by atoms with Gasteiger partial charge in [-0.1, -0.05) is 6.07 Å². The van der Waals surface area contributed by atoms with E-state index in [1.165, 1.54) is 29.1 Å². The second-order valence-corrected chi connectivity index (χ2v) is 5.04. The number of amides is 1. The molecule has 0 bridgehead atoms. The van der Waals surface area contributed by atoms with Gasteiger partial charge in [-0.05, 0) is 18.9 Å². The molecule has 114 valence electrons. The van der Waals surface area contributed by atoms with Gasteiger partial charge in [0.15, 0.2) is 0 Å². The summed E-state index contributed by atoms with van der Waals surface area (Å²) in [5, 5.41) is 18.0. The second kappa shape index (κ2) is 5.55. The molecule has 0 aliphatic carbocycles.